The molecule has 2 N–H and O–H groups in total. The van der Waals surface area contributed by atoms with E-state index in [0.717, 1.165) is 44.9 Å². The van der Waals surface area contributed by atoms with E-state index < -0.39 is 5.60 Å². The van der Waals surface area contributed by atoms with Gasteiger partial charge in [-0.15, -0.1) is 11.8 Å². The summed E-state index contributed by atoms with van der Waals surface area (Å²) in [5, 5.41) is 0. The Morgan fingerprint density at radius 3 is 2.44 bits per heavy atom. The molecule has 0 aromatic heterocycles. The van der Waals surface area contributed by atoms with Gasteiger partial charge in [0, 0.05) is 31.7 Å². The first-order valence-electron chi connectivity index (χ1n) is 9.56. The molecule has 1 aliphatic rings. The van der Waals surface area contributed by atoms with E-state index in [1.807, 2.05) is 32.6 Å². The van der Waals surface area contributed by atoms with Crippen molar-refractivity contribution in [1.82, 2.24) is 4.90 Å². The Bertz CT molecular complexity index is 440. The van der Waals surface area contributed by atoms with Gasteiger partial charge in [0.05, 0.1) is 6.61 Å². The maximum Gasteiger partial charge on any atom is 0.410 e. The lowest BCUT2D eigenvalue weighted by Gasteiger charge is -2.37. The summed E-state index contributed by atoms with van der Waals surface area (Å²) in [7, 11) is 0. The Kier molecular flexibility index (Phi) is 9.92. The van der Waals surface area contributed by atoms with E-state index >= 15 is 0 Å². The van der Waals surface area contributed by atoms with Crippen molar-refractivity contribution < 1.29 is 14.3 Å². The molecular weight excluding hydrogens is 316 g/mol. The minimum absolute atomic E-state index is 0.202. The highest BCUT2D eigenvalue weighted by Gasteiger charge is 2.30. The molecule has 0 unspecified atom stereocenters. The summed E-state index contributed by atoms with van der Waals surface area (Å²) >= 11 is 0. The summed E-state index contributed by atoms with van der Waals surface area (Å²) in [6.45, 7) is 9.67. The molecule has 5 heteroatoms. The zero-order valence-corrected chi connectivity index (χ0v) is 16.5. The van der Waals surface area contributed by atoms with Gasteiger partial charge in [-0.1, -0.05) is 0 Å². The lowest BCUT2D eigenvalue weighted by molar-refractivity contribution is 0.0105. The molecule has 0 heterocycles. The number of carbonyl (C=O) groups excluding carboxylic acids is 1. The molecule has 0 bridgehead atoms. The number of nitrogens with two attached hydrogens (primary N) is 1. The Morgan fingerprint density at radius 2 is 1.84 bits per heavy atom. The van der Waals surface area contributed by atoms with Crippen molar-refractivity contribution >= 4 is 6.09 Å². The van der Waals surface area contributed by atoms with Gasteiger partial charge < -0.3 is 20.1 Å². The van der Waals surface area contributed by atoms with Gasteiger partial charge in [0.1, 0.15) is 5.60 Å². The first-order chi connectivity index (χ1) is 11.8. The predicted molar refractivity (Wildman–Crippen MR) is 101 cm³/mol. The summed E-state index contributed by atoms with van der Waals surface area (Å²) in [6, 6.07) is 0.520. The Balaban J connectivity index is 2.42. The van der Waals surface area contributed by atoms with Crippen molar-refractivity contribution in [3.8, 4) is 11.8 Å². The van der Waals surface area contributed by atoms with Crippen LogP contribution in [0.5, 0.6) is 0 Å². The monoisotopic (exact) mass is 352 g/mol. The number of amides is 1. The van der Waals surface area contributed by atoms with Gasteiger partial charge in [0.15, 0.2) is 0 Å². The quantitative estimate of drug-likeness (QED) is 0.534. The molecular formula is C20H36N2O3. The van der Waals surface area contributed by atoms with Crippen LogP contribution in [-0.2, 0) is 9.47 Å². The maximum absolute atomic E-state index is 12.6. The highest BCUT2D eigenvalue weighted by Crippen LogP contribution is 2.24. The van der Waals surface area contributed by atoms with Crippen LogP contribution in [0.15, 0.2) is 0 Å². The Morgan fingerprint density at radius 1 is 1.16 bits per heavy atom. The van der Waals surface area contributed by atoms with Gasteiger partial charge in [-0.25, -0.2) is 4.79 Å². The van der Waals surface area contributed by atoms with Crippen LogP contribution < -0.4 is 5.73 Å². The van der Waals surface area contributed by atoms with Crippen LogP contribution in [0, 0.1) is 11.8 Å². The Labute approximate surface area is 153 Å². The number of unbranched alkanes of at least 4 members (excludes halogenated alkanes) is 1. The molecule has 0 saturated heterocycles. The second-order valence-electron chi connectivity index (χ2n) is 7.74. The van der Waals surface area contributed by atoms with Crippen LogP contribution in [0.1, 0.15) is 72.6 Å². The molecule has 1 amide bonds. The van der Waals surface area contributed by atoms with Gasteiger partial charge in [-0.05, 0) is 66.2 Å². The van der Waals surface area contributed by atoms with Gasteiger partial charge in [0.2, 0.25) is 0 Å². The smallest absolute Gasteiger partial charge is 0.410 e. The largest absolute Gasteiger partial charge is 0.444 e. The molecule has 0 aliphatic heterocycles. The van der Waals surface area contributed by atoms with Crippen LogP contribution in [0.4, 0.5) is 4.79 Å². The lowest BCUT2D eigenvalue weighted by Crippen LogP contribution is -2.46. The highest BCUT2D eigenvalue weighted by atomic mass is 16.6. The topological polar surface area (TPSA) is 64.8 Å². The Hall–Kier alpha value is -1.25. The number of carbonyl (C=O) groups is 1. The minimum atomic E-state index is -0.468. The number of nitrogens with zero attached hydrogens (tertiary/aromatic N) is 1. The molecule has 0 aromatic carbocycles. The fourth-order valence-corrected chi connectivity index (χ4v) is 2.99. The first-order valence-corrected chi connectivity index (χ1v) is 9.56. The van der Waals surface area contributed by atoms with Crippen LogP contribution in [0.2, 0.25) is 0 Å². The highest BCUT2D eigenvalue weighted by molar-refractivity contribution is 5.68. The van der Waals surface area contributed by atoms with Crippen molar-refractivity contribution in [2.75, 3.05) is 19.8 Å². The lowest BCUT2D eigenvalue weighted by atomic mass is 9.91. The summed E-state index contributed by atoms with van der Waals surface area (Å²) in [5.74, 6) is 5.84. The summed E-state index contributed by atoms with van der Waals surface area (Å²) in [6.07, 6.45) is 6.32. The SMILES string of the molecule is CC#CCCOCCCCN(C(=O)OC(C)(C)C)[C@H]1CC[C@@H](N)CC1. The van der Waals surface area contributed by atoms with Crippen molar-refractivity contribution in [3.05, 3.63) is 0 Å². The van der Waals surface area contributed by atoms with E-state index in [2.05, 4.69) is 11.8 Å². The molecule has 0 atom stereocenters. The summed E-state index contributed by atoms with van der Waals surface area (Å²) in [5.41, 5.74) is 5.54. The third-order valence-corrected chi connectivity index (χ3v) is 4.30. The molecule has 25 heavy (non-hydrogen) atoms. The van der Waals surface area contributed by atoms with Crippen molar-refractivity contribution in [1.29, 1.82) is 0 Å². The second kappa shape index (κ2) is 11.4. The third kappa shape index (κ3) is 9.72. The molecule has 0 radical (unpaired) electrons. The zero-order chi connectivity index (χ0) is 18.7. The third-order valence-electron chi connectivity index (χ3n) is 4.30. The molecule has 0 aromatic rings. The summed E-state index contributed by atoms with van der Waals surface area (Å²) < 4.78 is 11.2. The van der Waals surface area contributed by atoms with Gasteiger partial charge in [-0.3, -0.25) is 0 Å². The van der Waals surface area contributed by atoms with Crippen molar-refractivity contribution in [2.45, 2.75) is 90.3 Å². The zero-order valence-electron chi connectivity index (χ0n) is 16.5. The number of ether oxygens (including phenoxy) is 2. The number of hydrogen-bond donors (Lipinski definition) is 1. The van der Waals surface area contributed by atoms with E-state index in [4.69, 9.17) is 15.2 Å². The van der Waals surface area contributed by atoms with E-state index in [9.17, 15) is 4.79 Å². The summed E-state index contributed by atoms with van der Waals surface area (Å²) in [4.78, 5) is 14.5. The average Bonchev–Trinajstić information content (AvgIpc) is 2.53. The molecule has 1 aliphatic carbocycles. The molecule has 1 fully saturated rings. The minimum Gasteiger partial charge on any atom is -0.444 e. The van der Waals surface area contributed by atoms with E-state index in [1.165, 1.54) is 0 Å². The molecule has 0 spiro atoms. The molecule has 144 valence electrons. The number of hydrogen-bond acceptors (Lipinski definition) is 4. The van der Waals surface area contributed by atoms with Crippen LogP contribution in [0.3, 0.4) is 0 Å². The maximum atomic E-state index is 12.6. The van der Waals surface area contributed by atoms with Crippen molar-refractivity contribution in [3.63, 3.8) is 0 Å². The van der Waals surface area contributed by atoms with Crippen molar-refractivity contribution in [2.24, 2.45) is 5.73 Å². The molecule has 1 saturated carbocycles. The fourth-order valence-electron chi connectivity index (χ4n) is 2.99. The van der Waals surface area contributed by atoms with E-state index in [-0.39, 0.29) is 18.2 Å². The van der Waals surface area contributed by atoms with Crippen LogP contribution in [-0.4, -0.2) is 48.4 Å². The van der Waals surface area contributed by atoms with Crippen LogP contribution >= 0.6 is 0 Å². The standard InChI is InChI=1S/C20H36N2O3/c1-5-6-8-15-24-16-9-7-14-22(19(23)25-20(2,3)4)18-12-10-17(21)11-13-18/h17-18H,7-16,21H2,1-4H3/t17-,18+. The van der Waals surface area contributed by atoms with Gasteiger partial charge in [-0.2, -0.15) is 0 Å². The van der Waals surface area contributed by atoms with E-state index in [0.29, 0.717) is 19.8 Å². The number of rotatable bonds is 8. The molecule has 5 nitrogen and oxygen atoms in total. The van der Waals surface area contributed by atoms with Gasteiger partial charge >= 0.3 is 6.09 Å². The second-order valence-corrected chi connectivity index (χ2v) is 7.74. The molecule has 1 rings (SSSR count). The van der Waals surface area contributed by atoms with Gasteiger partial charge in [0.25, 0.3) is 0 Å². The van der Waals surface area contributed by atoms with Crippen LogP contribution in [0.25, 0.3) is 0 Å². The fraction of sp³-hybridized carbons (Fsp3) is 0.850. The predicted octanol–water partition coefficient (Wildman–Crippen LogP) is 3.70. The normalized spacial score (nSPS) is 20.5. The first kappa shape index (κ1) is 21.8. The average molecular weight is 353 g/mol. The van der Waals surface area contributed by atoms with E-state index in [1.54, 1.807) is 0 Å².